The summed E-state index contributed by atoms with van der Waals surface area (Å²) >= 11 is 12.2. The summed E-state index contributed by atoms with van der Waals surface area (Å²) in [6, 6.07) is 3.70. The molecule has 2 rings (SSSR count). The van der Waals surface area contributed by atoms with E-state index < -0.39 is 0 Å². The van der Waals surface area contributed by atoms with Crippen LogP contribution >= 0.6 is 23.2 Å². The second-order valence-electron chi connectivity index (χ2n) is 4.35. The third kappa shape index (κ3) is 3.32. The van der Waals surface area contributed by atoms with Crippen molar-refractivity contribution in [2.45, 2.75) is 20.8 Å². The van der Waals surface area contributed by atoms with Gasteiger partial charge in [0.05, 0.1) is 6.20 Å². The fourth-order valence-electron chi connectivity index (χ4n) is 1.74. The average Bonchev–Trinajstić information content (AvgIpc) is 2.40. The molecule has 0 saturated carbocycles. The molecule has 0 aliphatic rings. The van der Waals surface area contributed by atoms with Gasteiger partial charge < -0.3 is 10.1 Å². The zero-order valence-electron chi connectivity index (χ0n) is 11.5. The van der Waals surface area contributed by atoms with Gasteiger partial charge in [0.1, 0.15) is 10.8 Å². The summed E-state index contributed by atoms with van der Waals surface area (Å²) in [4.78, 5) is 8.29. The highest BCUT2D eigenvalue weighted by molar-refractivity contribution is 6.32. The number of hydrogen-bond donors (Lipinski definition) is 1. The molecule has 0 saturated heterocycles. The van der Waals surface area contributed by atoms with Gasteiger partial charge in [-0.1, -0.05) is 23.2 Å². The molecular formula is C14H15Cl2N3O. The van der Waals surface area contributed by atoms with Gasteiger partial charge in [-0.05, 0) is 44.0 Å². The van der Waals surface area contributed by atoms with E-state index in [1.54, 1.807) is 0 Å². The molecule has 0 bridgehead atoms. The molecule has 0 spiro atoms. The minimum absolute atomic E-state index is 0.318. The van der Waals surface area contributed by atoms with Gasteiger partial charge >= 0.3 is 0 Å². The lowest BCUT2D eigenvalue weighted by Crippen LogP contribution is -2.03. The van der Waals surface area contributed by atoms with Crippen LogP contribution in [0.2, 0.25) is 10.0 Å². The third-order valence-electron chi connectivity index (χ3n) is 2.67. The summed E-state index contributed by atoms with van der Waals surface area (Å²) < 4.78 is 5.73. The standard InChI is InChI=1S/C14H15Cl2N3O/c1-4-17-14-18-7-11(15)13(19-14)20-10-5-8(2)12(16)9(3)6-10/h5-7H,4H2,1-3H3,(H,17,18,19). The Kier molecular flexibility index (Phi) is 4.68. The van der Waals surface area contributed by atoms with Crippen molar-refractivity contribution in [3.63, 3.8) is 0 Å². The van der Waals surface area contributed by atoms with Gasteiger partial charge in [0.2, 0.25) is 11.8 Å². The zero-order valence-corrected chi connectivity index (χ0v) is 13.0. The summed E-state index contributed by atoms with van der Waals surface area (Å²) in [6.45, 7) is 6.53. The monoisotopic (exact) mass is 311 g/mol. The van der Waals surface area contributed by atoms with Crippen LogP contribution in [0.3, 0.4) is 0 Å². The molecule has 0 fully saturated rings. The van der Waals surface area contributed by atoms with Gasteiger partial charge in [-0.15, -0.1) is 0 Å². The molecule has 0 aliphatic heterocycles. The van der Waals surface area contributed by atoms with E-state index in [0.717, 1.165) is 22.7 Å². The van der Waals surface area contributed by atoms with Crippen LogP contribution in [0.1, 0.15) is 18.1 Å². The predicted molar refractivity (Wildman–Crippen MR) is 82.2 cm³/mol. The average molecular weight is 312 g/mol. The highest BCUT2D eigenvalue weighted by Gasteiger charge is 2.10. The van der Waals surface area contributed by atoms with E-state index in [1.807, 2.05) is 32.9 Å². The molecule has 4 nitrogen and oxygen atoms in total. The quantitative estimate of drug-likeness (QED) is 0.894. The summed E-state index contributed by atoms with van der Waals surface area (Å²) in [5.74, 6) is 1.44. The lowest BCUT2D eigenvalue weighted by atomic mass is 10.1. The number of nitrogens with zero attached hydrogens (tertiary/aromatic N) is 2. The Hall–Kier alpha value is -1.52. The number of ether oxygens (including phenoxy) is 1. The highest BCUT2D eigenvalue weighted by atomic mass is 35.5. The number of anilines is 1. The molecule has 0 amide bonds. The van der Waals surface area contributed by atoms with Gasteiger partial charge in [-0.3, -0.25) is 0 Å². The Labute approximate surface area is 128 Å². The van der Waals surface area contributed by atoms with Crippen LogP contribution in [0, 0.1) is 13.8 Å². The third-order valence-corrected chi connectivity index (χ3v) is 3.53. The molecule has 0 aliphatic carbocycles. The molecule has 0 unspecified atom stereocenters. The summed E-state index contributed by atoms with van der Waals surface area (Å²) in [5.41, 5.74) is 1.89. The van der Waals surface area contributed by atoms with E-state index in [4.69, 9.17) is 27.9 Å². The number of nitrogens with one attached hydrogen (secondary N) is 1. The number of aryl methyl sites for hydroxylation is 2. The normalized spacial score (nSPS) is 10.4. The SMILES string of the molecule is CCNc1ncc(Cl)c(Oc2cc(C)c(Cl)c(C)c2)n1. The highest BCUT2D eigenvalue weighted by Crippen LogP contribution is 2.31. The van der Waals surface area contributed by atoms with Gasteiger partial charge in [0.25, 0.3) is 0 Å². The van der Waals surface area contributed by atoms with Crippen molar-refractivity contribution in [2.24, 2.45) is 0 Å². The van der Waals surface area contributed by atoms with E-state index in [2.05, 4.69) is 15.3 Å². The van der Waals surface area contributed by atoms with Crippen molar-refractivity contribution in [1.29, 1.82) is 0 Å². The van der Waals surface area contributed by atoms with Gasteiger partial charge in [-0.25, -0.2) is 4.98 Å². The molecule has 20 heavy (non-hydrogen) atoms. The Morgan fingerprint density at radius 1 is 1.20 bits per heavy atom. The Balaban J connectivity index is 2.32. The summed E-state index contributed by atoms with van der Waals surface area (Å²) in [7, 11) is 0. The second-order valence-corrected chi connectivity index (χ2v) is 5.14. The molecule has 1 N–H and O–H groups in total. The molecule has 0 atom stereocenters. The van der Waals surface area contributed by atoms with Crippen LogP contribution < -0.4 is 10.1 Å². The van der Waals surface area contributed by atoms with Crippen LogP contribution in [0.4, 0.5) is 5.95 Å². The predicted octanol–water partition coefficient (Wildman–Crippen LogP) is 4.62. The van der Waals surface area contributed by atoms with Crippen molar-refractivity contribution in [3.05, 3.63) is 39.5 Å². The zero-order chi connectivity index (χ0) is 14.7. The first kappa shape index (κ1) is 14.9. The summed E-state index contributed by atoms with van der Waals surface area (Å²) in [6.07, 6.45) is 1.51. The largest absolute Gasteiger partial charge is 0.437 e. The van der Waals surface area contributed by atoms with Gasteiger partial charge in [0, 0.05) is 11.6 Å². The van der Waals surface area contributed by atoms with Crippen molar-refractivity contribution < 1.29 is 4.74 Å². The first-order valence-corrected chi connectivity index (χ1v) is 6.98. The van der Waals surface area contributed by atoms with E-state index in [-0.39, 0.29) is 0 Å². The maximum atomic E-state index is 6.13. The Morgan fingerprint density at radius 2 is 1.85 bits per heavy atom. The van der Waals surface area contributed by atoms with Crippen molar-refractivity contribution in [2.75, 3.05) is 11.9 Å². The van der Waals surface area contributed by atoms with Crippen molar-refractivity contribution in [3.8, 4) is 11.6 Å². The first-order valence-electron chi connectivity index (χ1n) is 6.22. The van der Waals surface area contributed by atoms with E-state index in [0.29, 0.717) is 22.6 Å². The smallest absolute Gasteiger partial charge is 0.243 e. The molecule has 0 radical (unpaired) electrons. The minimum atomic E-state index is 0.318. The fourth-order valence-corrected chi connectivity index (χ4v) is 1.98. The first-order chi connectivity index (χ1) is 9.51. The van der Waals surface area contributed by atoms with E-state index >= 15 is 0 Å². The molecule has 1 aromatic heterocycles. The number of hydrogen-bond acceptors (Lipinski definition) is 4. The number of halogens is 2. The Morgan fingerprint density at radius 3 is 2.45 bits per heavy atom. The van der Waals surface area contributed by atoms with Crippen LogP contribution in [0.15, 0.2) is 18.3 Å². The molecule has 106 valence electrons. The van der Waals surface area contributed by atoms with Crippen LogP contribution in [-0.2, 0) is 0 Å². The van der Waals surface area contributed by atoms with Crippen molar-refractivity contribution >= 4 is 29.2 Å². The van der Waals surface area contributed by atoms with Gasteiger partial charge in [-0.2, -0.15) is 4.98 Å². The molecule has 1 heterocycles. The minimum Gasteiger partial charge on any atom is -0.437 e. The lowest BCUT2D eigenvalue weighted by Gasteiger charge is -2.11. The molecular weight excluding hydrogens is 297 g/mol. The maximum absolute atomic E-state index is 6.13. The van der Waals surface area contributed by atoms with Gasteiger partial charge in [0.15, 0.2) is 0 Å². The number of rotatable bonds is 4. The maximum Gasteiger partial charge on any atom is 0.243 e. The topological polar surface area (TPSA) is 47.0 Å². The van der Waals surface area contributed by atoms with E-state index in [1.165, 1.54) is 6.20 Å². The Bertz CT molecular complexity index is 609. The van der Waals surface area contributed by atoms with Crippen molar-refractivity contribution in [1.82, 2.24) is 9.97 Å². The second kappa shape index (κ2) is 6.29. The van der Waals surface area contributed by atoms with Crippen LogP contribution in [0.25, 0.3) is 0 Å². The van der Waals surface area contributed by atoms with Crippen LogP contribution in [-0.4, -0.2) is 16.5 Å². The number of benzene rings is 1. The van der Waals surface area contributed by atoms with Crippen LogP contribution in [0.5, 0.6) is 11.6 Å². The molecule has 1 aromatic carbocycles. The summed E-state index contributed by atoms with van der Waals surface area (Å²) in [5, 5.41) is 4.10. The lowest BCUT2D eigenvalue weighted by molar-refractivity contribution is 0.462. The number of aromatic nitrogens is 2. The molecule has 6 heteroatoms. The molecule has 2 aromatic rings. The fraction of sp³-hybridized carbons (Fsp3) is 0.286. The van der Waals surface area contributed by atoms with E-state index in [9.17, 15) is 0 Å².